The Labute approximate surface area is 145 Å². The minimum absolute atomic E-state index is 0.0174. The molecule has 0 saturated carbocycles. The summed E-state index contributed by atoms with van der Waals surface area (Å²) in [7, 11) is 0. The van der Waals surface area contributed by atoms with Gasteiger partial charge in [0.2, 0.25) is 0 Å². The minimum Gasteiger partial charge on any atom is -0.508 e. The number of benzene rings is 2. The Hall–Kier alpha value is -3.07. The first-order valence-electron chi connectivity index (χ1n) is 7.85. The first kappa shape index (κ1) is 18.3. The van der Waals surface area contributed by atoms with E-state index in [0.717, 1.165) is 6.07 Å². The molecule has 0 aliphatic carbocycles. The summed E-state index contributed by atoms with van der Waals surface area (Å²) in [5.41, 5.74) is 0.962. The van der Waals surface area contributed by atoms with Crippen molar-refractivity contribution in [3.63, 3.8) is 0 Å². The van der Waals surface area contributed by atoms with Gasteiger partial charge < -0.3 is 15.1 Å². The molecule has 6 heteroatoms. The number of aromatic hydroxyl groups is 2. The number of hydrogen-bond donors (Lipinski definition) is 2. The van der Waals surface area contributed by atoms with E-state index in [1.165, 1.54) is 35.2 Å². The average Bonchev–Trinajstić information content (AvgIpc) is 2.56. The van der Waals surface area contributed by atoms with Crippen LogP contribution < -0.4 is 4.90 Å². The quantitative estimate of drug-likeness (QED) is 0.862. The van der Waals surface area contributed by atoms with Crippen LogP contribution in [-0.2, 0) is 0 Å². The van der Waals surface area contributed by atoms with Gasteiger partial charge in [0.1, 0.15) is 17.3 Å². The van der Waals surface area contributed by atoms with Gasteiger partial charge in [-0.05, 0) is 41.8 Å². The van der Waals surface area contributed by atoms with Crippen molar-refractivity contribution in [2.24, 2.45) is 0 Å². The molecule has 0 spiro atoms. The van der Waals surface area contributed by atoms with Gasteiger partial charge in [0, 0.05) is 18.3 Å². The van der Waals surface area contributed by atoms with Crippen LogP contribution in [0.2, 0.25) is 0 Å². The van der Waals surface area contributed by atoms with E-state index >= 15 is 0 Å². The fraction of sp³-hybridized carbons (Fsp3) is 0.263. The number of anilines is 1. The van der Waals surface area contributed by atoms with E-state index in [2.05, 4.69) is 0 Å². The van der Waals surface area contributed by atoms with Crippen molar-refractivity contribution in [1.29, 1.82) is 5.26 Å². The van der Waals surface area contributed by atoms with Crippen LogP contribution in [-0.4, -0.2) is 22.7 Å². The summed E-state index contributed by atoms with van der Waals surface area (Å²) in [5.74, 6) is -1.46. The molecular formula is C19H19FN2O3. The van der Waals surface area contributed by atoms with Gasteiger partial charge in [-0.15, -0.1) is 0 Å². The number of nitriles is 1. The Morgan fingerprint density at radius 1 is 1.20 bits per heavy atom. The third kappa shape index (κ3) is 4.07. The zero-order chi connectivity index (χ0) is 18.6. The van der Waals surface area contributed by atoms with E-state index in [9.17, 15) is 19.4 Å². The molecule has 0 radical (unpaired) electrons. The van der Waals surface area contributed by atoms with Gasteiger partial charge in [-0.2, -0.15) is 5.26 Å². The number of amides is 1. The maximum Gasteiger partial charge on any atom is 0.262 e. The molecule has 2 aromatic rings. The summed E-state index contributed by atoms with van der Waals surface area (Å²) in [6.07, 6.45) is 0.0823. The van der Waals surface area contributed by atoms with Gasteiger partial charge in [-0.1, -0.05) is 13.8 Å². The van der Waals surface area contributed by atoms with Crippen molar-refractivity contribution in [2.75, 3.05) is 11.4 Å². The largest absolute Gasteiger partial charge is 0.508 e. The molecule has 0 aromatic heterocycles. The summed E-state index contributed by atoms with van der Waals surface area (Å²) in [5, 5.41) is 28.9. The summed E-state index contributed by atoms with van der Waals surface area (Å²) < 4.78 is 13.2. The summed E-state index contributed by atoms with van der Waals surface area (Å²) >= 11 is 0. The topological polar surface area (TPSA) is 84.6 Å². The highest BCUT2D eigenvalue weighted by molar-refractivity contribution is 6.08. The van der Waals surface area contributed by atoms with Crippen molar-refractivity contribution in [3.8, 4) is 17.6 Å². The maximum atomic E-state index is 13.2. The zero-order valence-electron chi connectivity index (χ0n) is 14.0. The Kier molecular flexibility index (Phi) is 5.60. The number of phenols is 2. The lowest BCUT2D eigenvalue weighted by Crippen LogP contribution is -2.32. The highest BCUT2D eigenvalue weighted by Gasteiger charge is 2.23. The standard InChI is InChI=1S/C19H19FN2O3/c1-12(2)15-10-16(18(24)11-17(15)23)19(25)22(9-3-8-21)14-6-4-13(20)5-7-14/h4-7,10-12,23-24H,3,9H2,1-2H3. The second-order valence-corrected chi connectivity index (χ2v) is 5.92. The molecule has 25 heavy (non-hydrogen) atoms. The normalized spacial score (nSPS) is 10.5. The predicted octanol–water partition coefficient (Wildman–Crippen LogP) is 3.92. The van der Waals surface area contributed by atoms with E-state index in [1.807, 2.05) is 19.9 Å². The molecule has 2 aromatic carbocycles. The van der Waals surface area contributed by atoms with Gasteiger partial charge in [0.15, 0.2) is 0 Å². The van der Waals surface area contributed by atoms with Crippen LogP contribution >= 0.6 is 0 Å². The predicted molar refractivity (Wildman–Crippen MR) is 92.2 cm³/mol. The molecule has 2 N–H and O–H groups in total. The van der Waals surface area contributed by atoms with Gasteiger partial charge in [-0.3, -0.25) is 4.79 Å². The third-order valence-electron chi connectivity index (χ3n) is 3.83. The Morgan fingerprint density at radius 3 is 2.40 bits per heavy atom. The molecular weight excluding hydrogens is 323 g/mol. The van der Waals surface area contributed by atoms with E-state index < -0.39 is 11.7 Å². The van der Waals surface area contributed by atoms with E-state index in [0.29, 0.717) is 11.3 Å². The molecule has 0 atom stereocenters. The van der Waals surface area contributed by atoms with Crippen LogP contribution in [0.4, 0.5) is 10.1 Å². The van der Waals surface area contributed by atoms with Crippen molar-refractivity contribution in [2.45, 2.75) is 26.2 Å². The Bertz CT molecular complexity index is 811. The number of nitrogens with zero attached hydrogens (tertiary/aromatic N) is 2. The maximum absolute atomic E-state index is 13.2. The molecule has 0 aliphatic rings. The van der Waals surface area contributed by atoms with E-state index in [-0.39, 0.29) is 35.9 Å². The van der Waals surface area contributed by atoms with Crippen LogP contribution in [0, 0.1) is 17.1 Å². The smallest absolute Gasteiger partial charge is 0.262 e. The first-order chi connectivity index (χ1) is 11.8. The van der Waals surface area contributed by atoms with Gasteiger partial charge >= 0.3 is 0 Å². The highest BCUT2D eigenvalue weighted by Crippen LogP contribution is 2.33. The number of rotatable bonds is 5. The lowest BCUT2D eigenvalue weighted by atomic mass is 9.98. The summed E-state index contributed by atoms with van der Waals surface area (Å²) in [4.78, 5) is 14.2. The molecule has 1 amide bonds. The minimum atomic E-state index is -0.527. The number of carbonyl (C=O) groups is 1. The second-order valence-electron chi connectivity index (χ2n) is 5.92. The van der Waals surface area contributed by atoms with Gasteiger partial charge in [0.25, 0.3) is 5.91 Å². The average molecular weight is 342 g/mol. The molecule has 0 fully saturated rings. The SMILES string of the molecule is CC(C)c1cc(C(=O)N(CCC#N)c2ccc(F)cc2)c(O)cc1O. The first-order valence-corrected chi connectivity index (χ1v) is 7.85. The van der Waals surface area contributed by atoms with Crippen molar-refractivity contribution >= 4 is 11.6 Å². The molecule has 0 bridgehead atoms. The molecule has 2 rings (SSSR count). The van der Waals surface area contributed by atoms with E-state index in [4.69, 9.17) is 5.26 Å². The summed E-state index contributed by atoms with van der Waals surface area (Å²) in [6, 6.07) is 9.86. The van der Waals surface area contributed by atoms with Crippen molar-refractivity contribution < 1.29 is 19.4 Å². The molecule has 5 nitrogen and oxygen atoms in total. The third-order valence-corrected chi connectivity index (χ3v) is 3.83. The number of phenolic OH excluding ortho intramolecular Hbond substituents is 2. The molecule has 0 aliphatic heterocycles. The van der Waals surface area contributed by atoms with Gasteiger partial charge in [-0.25, -0.2) is 4.39 Å². The monoisotopic (exact) mass is 342 g/mol. The fourth-order valence-electron chi connectivity index (χ4n) is 2.50. The van der Waals surface area contributed by atoms with Crippen molar-refractivity contribution in [3.05, 3.63) is 53.3 Å². The fourth-order valence-corrected chi connectivity index (χ4v) is 2.50. The Balaban J connectivity index is 2.47. The molecule has 130 valence electrons. The second kappa shape index (κ2) is 7.67. The highest BCUT2D eigenvalue weighted by atomic mass is 19.1. The van der Waals surface area contributed by atoms with Crippen LogP contribution in [0.3, 0.4) is 0 Å². The van der Waals surface area contributed by atoms with Crippen molar-refractivity contribution in [1.82, 2.24) is 0 Å². The number of halogens is 1. The van der Waals surface area contributed by atoms with Crippen LogP contribution in [0.15, 0.2) is 36.4 Å². The molecule has 0 saturated heterocycles. The molecule has 0 unspecified atom stereocenters. The summed E-state index contributed by atoms with van der Waals surface area (Å²) in [6.45, 7) is 3.81. The van der Waals surface area contributed by atoms with Crippen LogP contribution in [0.25, 0.3) is 0 Å². The lowest BCUT2D eigenvalue weighted by molar-refractivity contribution is 0.0984. The number of hydrogen-bond acceptors (Lipinski definition) is 4. The van der Waals surface area contributed by atoms with Gasteiger partial charge in [0.05, 0.1) is 18.1 Å². The zero-order valence-corrected chi connectivity index (χ0v) is 14.0. The Morgan fingerprint density at radius 2 is 1.84 bits per heavy atom. The number of carbonyl (C=O) groups excluding carboxylic acids is 1. The van der Waals surface area contributed by atoms with Crippen LogP contribution in [0.5, 0.6) is 11.5 Å². The van der Waals surface area contributed by atoms with Crippen LogP contribution in [0.1, 0.15) is 42.1 Å². The molecule has 0 heterocycles. The lowest BCUT2D eigenvalue weighted by Gasteiger charge is -2.23. The van der Waals surface area contributed by atoms with E-state index in [1.54, 1.807) is 0 Å².